The quantitative estimate of drug-likeness (QED) is 0.766. The van der Waals surface area contributed by atoms with Crippen LogP contribution in [0.4, 0.5) is 0 Å². The molecule has 6 nitrogen and oxygen atoms in total. The molecular weight excluding hydrogens is 262 g/mol. The maximum absolute atomic E-state index is 10.9. The SMILES string of the molecule is COc1cc2c(cc1[C@H](CC(=O)O)NC=O)OC(C)C2. The van der Waals surface area contributed by atoms with Crippen LogP contribution < -0.4 is 14.8 Å². The third kappa shape index (κ3) is 2.84. The molecule has 1 aromatic rings. The van der Waals surface area contributed by atoms with Crippen molar-refractivity contribution in [2.75, 3.05) is 7.11 Å². The number of rotatable bonds is 6. The van der Waals surface area contributed by atoms with Crippen LogP contribution in [0.15, 0.2) is 12.1 Å². The van der Waals surface area contributed by atoms with Crippen LogP contribution in [0.5, 0.6) is 11.5 Å². The van der Waals surface area contributed by atoms with E-state index in [0.29, 0.717) is 17.7 Å². The number of aliphatic carboxylic acids is 1. The molecule has 1 unspecified atom stereocenters. The Morgan fingerprint density at radius 1 is 1.65 bits per heavy atom. The number of methoxy groups -OCH3 is 1. The number of hydrogen-bond acceptors (Lipinski definition) is 4. The summed E-state index contributed by atoms with van der Waals surface area (Å²) < 4.78 is 11.0. The third-order valence-electron chi connectivity index (χ3n) is 3.27. The van der Waals surface area contributed by atoms with Crippen LogP contribution in [-0.2, 0) is 16.0 Å². The predicted molar refractivity (Wildman–Crippen MR) is 71.0 cm³/mol. The average molecular weight is 279 g/mol. The fourth-order valence-electron chi connectivity index (χ4n) is 2.42. The Morgan fingerprint density at radius 2 is 2.40 bits per heavy atom. The number of hydrogen-bond donors (Lipinski definition) is 2. The highest BCUT2D eigenvalue weighted by Gasteiger charge is 2.25. The van der Waals surface area contributed by atoms with Crippen molar-refractivity contribution < 1.29 is 24.2 Å². The van der Waals surface area contributed by atoms with Gasteiger partial charge in [-0.3, -0.25) is 9.59 Å². The van der Waals surface area contributed by atoms with E-state index in [2.05, 4.69) is 5.32 Å². The second-order valence-electron chi connectivity index (χ2n) is 4.77. The molecule has 20 heavy (non-hydrogen) atoms. The highest BCUT2D eigenvalue weighted by atomic mass is 16.5. The molecule has 0 aromatic heterocycles. The molecule has 0 aliphatic carbocycles. The summed E-state index contributed by atoms with van der Waals surface area (Å²) in [5.74, 6) is 0.277. The Bertz CT molecular complexity index is 529. The van der Waals surface area contributed by atoms with Crippen molar-refractivity contribution in [3.8, 4) is 11.5 Å². The minimum atomic E-state index is -0.999. The average Bonchev–Trinajstić information content (AvgIpc) is 2.75. The summed E-state index contributed by atoms with van der Waals surface area (Å²) in [5.41, 5.74) is 1.63. The number of fused-ring (bicyclic) bond motifs is 1. The van der Waals surface area contributed by atoms with Crippen molar-refractivity contribution in [3.05, 3.63) is 23.3 Å². The molecule has 0 spiro atoms. The number of carbonyl (C=O) groups excluding carboxylic acids is 1. The van der Waals surface area contributed by atoms with E-state index in [1.807, 2.05) is 13.0 Å². The minimum absolute atomic E-state index is 0.0851. The number of carbonyl (C=O) groups is 2. The van der Waals surface area contributed by atoms with Crippen LogP contribution in [0.2, 0.25) is 0 Å². The normalized spacial score (nSPS) is 17.8. The van der Waals surface area contributed by atoms with Crippen molar-refractivity contribution in [2.45, 2.75) is 31.9 Å². The van der Waals surface area contributed by atoms with Crippen LogP contribution >= 0.6 is 0 Å². The first-order valence-corrected chi connectivity index (χ1v) is 6.34. The predicted octanol–water partition coefficient (Wildman–Crippen LogP) is 1.28. The monoisotopic (exact) mass is 279 g/mol. The first-order valence-electron chi connectivity index (χ1n) is 6.34. The van der Waals surface area contributed by atoms with E-state index in [-0.39, 0.29) is 12.5 Å². The summed E-state index contributed by atoms with van der Waals surface area (Å²) in [7, 11) is 1.52. The first-order chi connectivity index (χ1) is 9.55. The van der Waals surface area contributed by atoms with E-state index in [1.54, 1.807) is 6.07 Å². The largest absolute Gasteiger partial charge is 0.496 e. The summed E-state index contributed by atoms with van der Waals surface area (Å²) in [4.78, 5) is 21.6. The lowest BCUT2D eigenvalue weighted by molar-refractivity contribution is -0.137. The minimum Gasteiger partial charge on any atom is -0.496 e. The number of ether oxygens (including phenoxy) is 2. The van der Waals surface area contributed by atoms with Crippen LogP contribution in [0.3, 0.4) is 0 Å². The van der Waals surface area contributed by atoms with Gasteiger partial charge in [-0.1, -0.05) is 0 Å². The van der Waals surface area contributed by atoms with E-state index in [4.69, 9.17) is 14.6 Å². The molecule has 0 saturated carbocycles. The van der Waals surface area contributed by atoms with Gasteiger partial charge in [0.05, 0.1) is 19.6 Å². The third-order valence-corrected chi connectivity index (χ3v) is 3.27. The lowest BCUT2D eigenvalue weighted by atomic mass is 9.99. The topological polar surface area (TPSA) is 84.9 Å². The van der Waals surface area contributed by atoms with E-state index < -0.39 is 12.0 Å². The maximum Gasteiger partial charge on any atom is 0.305 e. The molecule has 1 aromatic carbocycles. The first kappa shape index (κ1) is 14.2. The summed E-state index contributed by atoms with van der Waals surface area (Å²) in [6.07, 6.45) is 1.14. The van der Waals surface area contributed by atoms with Gasteiger partial charge in [0.15, 0.2) is 0 Å². The van der Waals surface area contributed by atoms with Gasteiger partial charge in [0.25, 0.3) is 0 Å². The summed E-state index contributed by atoms with van der Waals surface area (Å²) in [5, 5.41) is 11.5. The highest BCUT2D eigenvalue weighted by Crippen LogP contribution is 2.38. The molecule has 2 N–H and O–H groups in total. The van der Waals surface area contributed by atoms with Crippen molar-refractivity contribution in [2.24, 2.45) is 0 Å². The van der Waals surface area contributed by atoms with Gasteiger partial charge in [-0.15, -0.1) is 0 Å². The number of carboxylic acids is 1. The standard InChI is InChI=1S/C14H17NO5/c1-8-3-9-4-13(19-2)10(5-12(9)20-8)11(15-7-16)6-14(17)18/h4-5,7-8,11H,3,6H2,1-2H3,(H,15,16)(H,17,18)/t8?,11-/m0/s1. The lowest BCUT2D eigenvalue weighted by Crippen LogP contribution is -2.23. The van der Waals surface area contributed by atoms with Crippen molar-refractivity contribution in [3.63, 3.8) is 0 Å². The van der Waals surface area contributed by atoms with Gasteiger partial charge >= 0.3 is 5.97 Å². The van der Waals surface area contributed by atoms with Crippen LogP contribution in [-0.4, -0.2) is 30.7 Å². The molecule has 6 heteroatoms. The zero-order chi connectivity index (χ0) is 14.7. The van der Waals surface area contributed by atoms with Crippen molar-refractivity contribution in [1.29, 1.82) is 0 Å². The molecule has 1 amide bonds. The molecule has 2 atom stereocenters. The maximum atomic E-state index is 10.9. The van der Waals surface area contributed by atoms with Crippen LogP contribution in [0.1, 0.15) is 30.5 Å². The smallest absolute Gasteiger partial charge is 0.305 e. The van der Waals surface area contributed by atoms with Gasteiger partial charge in [0.1, 0.15) is 17.6 Å². The molecule has 1 heterocycles. The number of nitrogens with one attached hydrogen (secondary N) is 1. The molecule has 0 radical (unpaired) electrons. The van der Waals surface area contributed by atoms with Gasteiger partial charge in [0, 0.05) is 17.5 Å². The zero-order valence-corrected chi connectivity index (χ0v) is 11.4. The number of carboxylic acid groups (broad SMARTS) is 1. The lowest BCUT2D eigenvalue weighted by Gasteiger charge is -2.18. The molecule has 108 valence electrons. The zero-order valence-electron chi connectivity index (χ0n) is 11.4. The fourth-order valence-corrected chi connectivity index (χ4v) is 2.42. The molecule has 1 aliphatic heterocycles. The molecule has 0 fully saturated rings. The molecular formula is C14H17NO5. The molecule has 0 saturated heterocycles. The summed E-state index contributed by atoms with van der Waals surface area (Å²) in [6.45, 7) is 1.96. The Morgan fingerprint density at radius 3 is 3.00 bits per heavy atom. The number of amides is 1. The van der Waals surface area contributed by atoms with Gasteiger partial charge in [0.2, 0.25) is 6.41 Å². The summed E-state index contributed by atoms with van der Waals surface area (Å²) >= 11 is 0. The fraction of sp³-hybridized carbons (Fsp3) is 0.429. The Balaban J connectivity index is 2.40. The summed E-state index contributed by atoms with van der Waals surface area (Å²) in [6, 6.07) is 2.95. The van der Waals surface area contributed by atoms with Gasteiger partial charge in [-0.25, -0.2) is 0 Å². The van der Waals surface area contributed by atoms with E-state index >= 15 is 0 Å². The Hall–Kier alpha value is -2.24. The van der Waals surface area contributed by atoms with E-state index in [1.165, 1.54) is 7.11 Å². The molecule has 2 rings (SSSR count). The van der Waals surface area contributed by atoms with Crippen LogP contribution in [0, 0.1) is 0 Å². The Kier molecular flexibility index (Phi) is 4.12. The second kappa shape index (κ2) is 5.81. The highest BCUT2D eigenvalue weighted by molar-refractivity contribution is 5.69. The van der Waals surface area contributed by atoms with Gasteiger partial charge in [-0.05, 0) is 19.1 Å². The van der Waals surface area contributed by atoms with Crippen molar-refractivity contribution in [1.82, 2.24) is 5.32 Å². The van der Waals surface area contributed by atoms with E-state index in [9.17, 15) is 9.59 Å². The van der Waals surface area contributed by atoms with Crippen LogP contribution in [0.25, 0.3) is 0 Å². The number of benzene rings is 1. The Labute approximate surface area is 116 Å². The van der Waals surface area contributed by atoms with E-state index in [0.717, 1.165) is 17.7 Å². The molecule has 0 bridgehead atoms. The van der Waals surface area contributed by atoms with Gasteiger partial charge < -0.3 is 19.9 Å². The van der Waals surface area contributed by atoms with Gasteiger partial charge in [-0.2, -0.15) is 0 Å². The second-order valence-corrected chi connectivity index (χ2v) is 4.77. The van der Waals surface area contributed by atoms with Crippen molar-refractivity contribution >= 4 is 12.4 Å². The molecule has 1 aliphatic rings.